The number of carbonyl (C=O) groups is 1. The first-order chi connectivity index (χ1) is 9.65. The van der Waals surface area contributed by atoms with Crippen molar-refractivity contribution in [1.29, 1.82) is 0 Å². The highest BCUT2D eigenvalue weighted by Gasteiger charge is 2.24. The van der Waals surface area contributed by atoms with E-state index in [0.717, 1.165) is 37.9 Å². The fourth-order valence-corrected chi connectivity index (χ4v) is 2.92. The second-order valence-corrected chi connectivity index (χ2v) is 5.33. The van der Waals surface area contributed by atoms with Crippen molar-refractivity contribution in [1.82, 2.24) is 10.3 Å². The number of anilines is 1. The van der Waals surface area contributed by atoms with Crippen LogP contribution in [-0.2, 0) is 0 Å². The van der Waals surface area contributed by atoms with Crippen molar-refractivity contribution in [3.8, 4) is 0 Å². The molecule has 110 valence electrons. The third-order valence-corrected chi connectivity index (χ3v) is 4.06. The number of aromatic nitrogens is 1. The van der Waals surface area contributed by atoms with Gasteiger partial charge in [-0.15, -0.1) is 0 Å². The predicted molar refractivity (Wildman–Crippen MR) is 80.9 cm³/mol. The number of nitrogens with zero attached hydrogens (tertiary/aromatic N) is 2. The number of nitrogens with two attached hydrogens (primary N) is 1. The van der Waals surface area contributed by atoms with Gasteiger partial charge in [-0.1, -0.05) is 0 Å². The number of amides is 1. The zero-order valence-electron chi connectivity index (χ0n) is 12.3. The van der Waals surface area contributed by atoms with E-state index in [9.17, 15) is 4.79 Å². The summed E-state index contributed by atoms with van der Waals surface area (Å²) in [7, 11) is 1.62. The lowest BCUT2D eigenvalue weighted by Gasteiger charge is -2.37. The Labute approximate surface area is 120 Å². The smallest absolute Gasteiger partial charge is 0.269 e. The number of rotatable bonds is 4. The zero-order valence-corrected chi connectivity index (χ0v) is 12.3. The molecule has 1 aliphatic carbocycles. The standard InChI is InChI=1S/C15H24N4O/c1-3-19(12-6-4-11(16)5-7-12)13-8-9-18-14(10-13)15(20)17-2/h8-12H,3-7,16H2,1-2H3,(H,17,20). The van der Waals surface area contributed by atoms with Gasteiger partial charge in [-0.25, -0.2) is 0 Å². The minimum absolute atomic E-state index is 0.145. The molecule has 5 nitrogen and oxygen atoms in total. The number of hydrogen-bond acceptors (Lipinski definition) is 4. The molecule has 0 atom stereocenters. The van der Waals surface area contributed by atoms with Gasteiger partial charge in [0.2, 0.25) is 0 Å². The van der Waals surface area contributed by atoms with Gasteiger partial charge < -0.3 is 16.0 Å². The van der Waals surface area contributed by atoms with Crippen LogP contribution in [0.15, 0.2) is 18.3 Å². The second-order valence-electron chi connectivity index (χ2n) is 5.33. The van der Waals surface area contributed by atoms with Crippen LogP contribution in [0.2, 0.25) is 0 Å². The molecule has 1 saturated carbocycles. The molecule has 1 heterocycles. The van der Waals surface area contributed by atoms with Crippen LogP contribution in [0.4, 0.5) is 5.69 Å². The molecule has 5 heteroatoms. The Hall–Kier alpha value is -1.62. The summed E-state index contributed by atoms with van der Waals surface area (Å²) in [5.74, 6) is -0.145. The van der Waals surface area contributed by atoms with Gasteiger partial charge in [0.25, 0.3) is 5.91 Å². The quantitative estimate of drug-likeness (QED) is 0.875. The van der Waals surface area contributed by atoms with E-state index in [4.69, 9.17) is 5.73 Å². The number of hydrogen-bond donors (Lipinski definition) is 2. The summed E-state index contributed by atoms with van der Waals surface area (Å²) in [6, 6.07) is 4.71. The van der Waals surface area contributed by atoms with Crippen molar-refractivity contribution >= 4 is 11.6 Å². The van der Waals surface area contributed by atoms with E-state index in [-0.39, 0.29) is 5.91 Å². The highest BCUT2D eigenvalue weighted by atomic mass is 16.1. The molecule has 1 aromatic heterocycles. The van der Waals surface area contributed by atoms with Gasteiger partial charge in [0.15, 0.2) is 0 Å². The van der Waals surface area contributed by atoms with Crippen molar-refractivity contribution in [2.24, 2.45) is 5.73 Å². The maximum atomic E-state index is 11.7. The molecule has 0 unspecified atom stereocenters. The maximum Gasteiger partial charge on any atom is 0.269 e. The van der Waals surface area contributed by atoms with Crippen molar-refractivity contribution in [2.45, 2.75) is 44.7 Å². The summed E-state index contributed by atoms with van der Waals surface area (Å²) in [5, 5.41) is 2.61. The normalized spacial score (nSPS) is 22.4. The zero-order chi connectivity index (χ0) is 14.5. The summed E-state index contributed by atoms with van der Waals surface area (Å²) in [6.45, 7) is 3.08. The third-order valence-electron chi connectivity index (χ3n) is 4.06. The summed E-state index contributed by atoms with van der Waals surface area (Å²) in [5.41, 5.74) is 7.52. The van der Waals surface area contributed by atoms with Gasteiger partial charge in [0.05, 0.1) is 0 Å². The van der Waals surface area contributed by atoms with E-state index in [1.807, 2.05) is 12.1 Å². The lowest BCUT2D eigenvalue weighted by atomic mass is 9.90. The summed E-state index contributed by atoms with van der Waals surface area (Å²) in [4.78, 5) is 18.2. The molecule has 1 aromatic rings. The molecule has 0 radical (unpaired) electrons. The fraction of sp³-hybridized carbons (Fsp3) is 0.600. The molecule has 3 N–H and O–H groups in total. The molecule has 0 saturated heterocycles. The van der Waals surface area contributed by atoms with Crippen LogP contribution in [0.1, 0.15) is 43.1 Å². The summed E-state index contributed by atoms with van der Waals surface area (Å²) >= 11 is 0. The van der Waals surface area contributed by atoms with Crippen LogP contribution >= 0.6 is 0 Å². The number of pyridine rings is 1. The highest BCUT2D eigenvalue weighted by molar-refractivity contribution is 5.92. The lowest BCUT2D eigenvalue weighted by Crippen LogP contribution is -2.41. The van der Waals surface area contributed by atoms with Gasteiger partial charge in [-0.3, -0.25) is 9.78 Å². The van der Waals surface area contributed by atoms with Crippen molar-refractivity contribution in [3.05, 3.63) is 24.0 Å². The van der Waals surface area contributed by atoms with Gasteiger partial charge in [0.1, 0.15) is 5.69 Å². The molecule has 1 amide bonds. The van der Waals surface area contributed by atoms with E-state index in [2.05, 4.69) is 22.1 Å². The molecule has 2 rings (SSSR count). The van der Waals surface area contributed by atoms with Crippen LogP contribution in [0.3, 0.4) is 0 Å². The monoisotopic (exact) mass is 276 g/mol. The van der Waals surface area contributed by atoms with Gasteiger partial charge >= 0.3 is 0 Å². The maximum absolute atomic E-state index is 11.7. The van der Waals surface area contributed by atoms with Crippen molar-refractivity contribution in [2.75, 3.05) is 18.5 Å². The SMILES string of the molecule is CCN(c1ccnc(C(=O)NC)c1)C1CCC(N)CC1. The Kier molecular flexibility index (Phi) is 4.95. The van der Waals surface area contributed by atoms with E-state index in [0.29, 0.717) is 17.8 Å². The predicted octanol–water partition coefficient (Wildman–Crippen LogP) is 1.54. The molecule has 0 bridgehead atoms. The lowest BCUT2D eigenvalue weighted by molar-refractivity contribution is 0.0958. The summed E-state index contributed by atoms with van der Waals surface area (Å²) in [6.07, 6.45) is 6.10. The molecular weight excluding hydrogens is 252 g/mol. The van der Waals surface area contributed by atoms with Crippen LogP contribution in [-0.4, -0.2) is 36.6 Å². The Bertz CT molecular complexity index is 455. The van der Waals surface area contributed by atoms with Crippen molar-refractivity contribution in [3.63, 3.8) is 0 Å². The molecule has 1 aliphatic rings. The average molecular weight is 276 g/mol. The molecule has 0 aliphatic heterocycles. The number of carbonyl (C=O) groups excluding carboxylic acids is 1. The average Bonchev–Trinajstić information content (AvgIpc) is 2.49. The largest absolute Gasteiger partial charge is 0.369 e. The minimum Gasteiger partial charge on any atom is -0.369 e. The van der Waals surface area contributed by atoms with Crippen LogP contribution in [0.25, 0.3) is 0 Å². The van der Waals surface area contributed by atoms with E-state index >= 15 is 0 Å². The first-order valence-electron chi connectivity index (χ1n) is 7.36. The Morgan fingerprint density at radius 1 is 1.45 bits per heavy atom. The molecule has 0 aromatic carbocycles. The van der Waals surface area contributed by atoms with Crippen LogP contribution < -0.4 is 16.0 Å². The van der Waals surface area contributed by atoms with Gasteiger partial charge in [-0.05, 0) is 44.7 Å². The van der Waals surface area contributed by atoms with Gasteiger partial charge in [0, 0.05) is 37.6 Å². The molecular formula is C15H24N4O. The van der Waals surface area contributed by atoms with Crippen LogP contribution in [0, 0.1) is 0 Å². The first kappa shape index (κ1) is 14.8. The Morgan fingerprint density at radius 3 is 2.75 bits per heavy atom. The summed E-state index contributed by atoms with van der Waals surface area (Å²) < 4.78 is 0. The third kappa shape index (κ3) is 3.28. The Balaban J connectivity index is 2.17. The molecule has 1 fully saturated rings. The minimum atomic E-state index is -0.145. The highest BCUT2D eigenvalue weighted by Crippen LogP contribution is 2.27. The van der Waals surface area contributed by atoms with E-state index in [1.54, 1.807) is 13.2 Å². The topological polar surface area (TPSA) is 71.2 Å². The van der Waals surface area contributed by atoms with Crippen molar-refractivity contribution < 1.29 is 4.79 Å². The molecule has 20 heavy (non-hydrogen) atoms. The van der Waals surface area contributed by atoms with E-state index < -0.39 is 0 Å². The van der Waals surface area contributed by atoms with E-state index in [1.165, 1.54) is 0 Å². The Morgan fingerprint density at radius 2 is 2.15 bits per heavy atom. The molecule has 0 spiro atoms. The fourth-order valence-electron chi connectivity index (χ4n) is 2.92. The second kappa shape index (κ2) is 6.70. The number of nitrogens with one attached hydrogen (secondary N) is 1. The first-order valence-corrected chi connectivity index (χ1v) is 7.36. The van der Waals surface area contributed by atoms with Crippen LogP contribution in [0.5, 0.6) is 0 Å². The van der Waals surface area contributed by atoms with Gasteiger partial charge in [-0.2, -0.15) is 0 Å².